The van der Waals surface area contributed by atoms with Crippen molar-refractivity contribution in [3.8, 4) is 11.1 Å². The molecule has 0 aliphatic carbocycles. The first-order valence-electron chi connectivity index (χ1n) is 5.76. The number of nitrogens with zero attached hydrogens (tertiary/aromatic N) is 1. The number of hydrogen-bond donors (Lipinski definition) is 1. The number of carbonyl (C=O) groups is 1. The van der Waals surface area contributed by atoms with Crippen LogP contribution >= 0.6 is 0 Å². The summed E-state index contributed by atoms with van der Waals surface area (Å²) in [5.74, 6) is 4.79. The number of esters is 1. The minimum atomic E-state index is -0.346. The summed E-state index contributed by atoms with van der Waals surface area (Å²) < 4.78 is 4.71. The summed E-state index contributed by atoms with van der Waals surface area (Å²) in [7, 11) is 1.37. The summed E-state index contributed by atoms with van der Waals surface area (Å²) in [6.45, 7) is 0. The molecule has 0 aliphatic heterocycles. The van der Waals surface area contributed by atoms with Gasteiger partial charge in [0.25, 0.3) is 0 Å². The lowest BCUT2D eigenvalue weighted by atomic mass is 10.0. The summed E-state index contributed by atoms with van der Waals surface area (Å²) in [6, 6.07) is 15.0. The molecule has 0 radical (unpaired) electrons. The van der Waals surface area contributed by atoms with E-state index in [-0.39, 0.29) is 5.97 Å². The van der Waals surface area contributed by atoms with Crippen molar-refractivity contribution in [2.24, 2.45) is 10.9 Å². The third kappa shape index (κ3) is 2.98. The SMILES string of the molecule is COC(=O)c1cccc(-c2cccc(C=NN)c2)c1. The molecule has 19 heavy (non-hydrogen) atoms. The van der Waals surface area contributed by atoms with Gasteiger partial charge in [0.05, 0.1) is 18.9 Å². The lowest BCUT2D eigenvalue weighted by molar-refractivity contribution is 0.0601. The molecule has 96 valence electrons. The van der Waals surface area contributed by atoms with Crippen molar-refractivity contribution >= 4 is 12.2 Å². The predicted octanol–water partition coefficient (Wildman–Crippen LogP) is 2.43. The van der Waals surface area contributed by atoms with Crippen molar-refractivity contribution in [3.63, 3.8) is 0 Å². The van der Waals surface area contributed by atoms with Gasteiger partial charge in [-0.25, -0.2) is 4.79 Å². The van der Waals surface area contributed by atoms with Gasteiger partial charge in [-0.3, -0.25) is 0 Å². The van der Waals surface area contributed by atoms with Crippen LogP contribution in [0.3, 0.4) is 0 Å². The maximum Gasteiger partial charge on any atom is 0.337 e. The van der Waals surface area contributed by atoms with E-state index in [0.717, 1.165) is 16.7 Å². The van der Waals surface area contributed by atoms with Gasteiger partial charge in [-0.15, -0.1) is 0 Å². The molecule has 4 nitrogen and oxygen atoms in total. The van der Waals surface area contributed by atoms with Crippen LogP contribution in [0.4, 0.5) is 0 Å². The predicted molar refractivity (Wildman–Crippen MR) is 75.0 cm³/mol. The fourth-order valence-electron chi connectivity index (χ4n) is 1.83. The Kier molecular flexibility index (Phi) is 3.93. The van der Waals surface area contributed by atoms with Crippen LogP contribution in [0, 0.1) is 0 Å². The number of carbonyl (C=O) groups excluding carboxylic acids is 1. The van der Waals surface area contributed by atoms with Crippen LogP contribution in [0.5, 0.6) is 0 Å². The summed E-state index contributed by atoms with van der Waals surface area (Å²) in [5, 5.41) is 3.50. The van der Waals surface area contributed by atoms with Crippen molar-refractivity contribution in [1.82, 2.24) is 0 Å². The van der Waals surface area contributed by atoms with Gasteiger partial charge in [0.1, 0.15) is 0 Å². The summed E-state index contributed by atoms with van der Waals surface area (Å²) >= 11 is 0. The standard InChI is InChI=1S/C15H14N2O2/c1-19-15(18)14-7-3-6-13(9-14)12-5-2-4-11(8-12)10-17-16/h2-10H,16H2,1H3. The first-order chi connectivity index (χ1) is 9.24. The van der Waals surface area contributed by atoms with Crippen LogP contribution in [-0.2, 0) is 4.74 Å². The maximum absolute atomic E-state index is 11.5. The lowest BCUT2D eigenvalue weighted by Gasteiger charge is -2.05. The molecule has 0 unspecified atom stereocenters. The molecule has 4 heteroatoms. The van der Waals surface area contributed by atoms with Gasteiger partial charge in [-0.05, 0) is 34.9 Å². The minimum Gasteiger partial charge on any atom is -0.465 e. The van der Waals surface area contributed by atoms with Crippen LogP contribution < -0.4 is 5.84 Å². The second-order valence-corrected chi connectivity index (χ2v) is 3.98. The molecule has 2 aromatic carbocycles. The largest absolute Gasteiger partial charge is 0.465 e. The van der Waals surface area contributed by atoms with Crippen molar-refractivity contribution in [3.05, 3.63) is 59.7 Å². The Morgan fingerprint density at radius 3 is 2.53 bits per heavy atom. The van der Waals surface area contributed by atoms with E-state index in [1.807, 2.05) is 36.4 Å². The molecule has 0 bridgehead atoms. The first-order valence-corrected chi connectivity index (χ1v) is 5.76. The van der Waals surface area contributed by atoms with Gasteiger partial charge in [-0.1, -0.05) is 30.3 Å². The zero-order valence-corrected chi connectivity index (χ0v) is 10.5. The highest BCUT2D eigenvalue weighted by molar-refractivity contribution is 5.91. The van der Waals surface area contributed by atoms with Gasteiger partial charge < -0.3 is 10.6 Å². The van der Waals surface area contributed by atoms with E-state index in [4.69, 9.17) is 10.6 Å². The molecule has 0 amide bonds. The zero-order chi connectivity index (χ0) is 13.7. The Morgan fingerprint density at radius 2 is 1.84 bits per heavy atom. The molecule has 0 saturated carbocycles. The van der Waals surface area contributed by atoms with Crippen molar-refractivity contribution in [2.45, 2.75) is 0 Å². The molecule has 0 aliphatic rings. The van der Waals surface area contributed by atoms with Crippen molar-refractivity contribution in [2.75, 3.05) is 7.11 Å². The quantitative estimate of drug-likeness (QED) is 0.396. The van der Waals surface area contributed by atoms with Gasteiger partial charge in [0.15, 0.2) is 0 Å². The van der Waals surface area contributed by atoms with E-state index in [1.165, 1.54) is 7.11 Å². The van der Waals surface area contributed by atoms with Gasteiger partial charge in [0.2, 0.25) is 0 Å². The molecule has 0 fully saturated rings. The molecular weight excluding hydrogens is 240 g/mol. The fraction of sp³-hybridized carbons (Fsp3) is 0.0667. The van der Waals surface area contributed by atoms with Crippen molar-refractivity contribution < 1.29 is 9.53 Å². The van der Waals surface area contributed by atoms with Crippen LogP contribution in [0.2, 0.25) is 0 Å². The number of methoxy groups -OCH3 is 1. The monoisotopic (exact) mass is 254 g/mol. The molecule has 2 aromatic rings. The number of hydrogen-bond acceptors (Lipinski definition) is 4. The van der Waals surface area contributed by atoms with E-state index in [2.05, 4.69) is 5.10 Å². The Labute approximate surface area is 111 Å². The molecule has 2 rings (SSSR count). The normalized spacial score (nSPS) is 10.6. The van der Waals surface area contributed by atoms with Gasteiger partial charge in [0, 0.05) is 0 Å². The Bertz CT molecular complexity index is 621. The van der Waals surface area contributed by atoms with Crippen LogP contribution in [0.25, 0.3) is 11.1 Å². The highest BCUT2D eigenvalue weighted by atomic mass is 16.5. The Balaban J connectivity index is 2.41. The summed E-state index contributed by atoms with van der Waals surface area (Å²) in [4.78, 5) is 11.5. The number of hydrazone groups is 1. The number of benzene rings is 2. The number of ether oxygens (including phenoxy) is 1. The topological polar surface area (TPSA) is 64.7 Å². The summed E-state index contributed by atoms with van der Waals surface area (Å²) in [5.41, 5.74) is 3.36. The minimum absolute atomic E-state index is 0.346. The van der Waals surface area contributed by atoms with Crippen LogP contribution in [0.15, 0.2) is 53.6 Å². The zero-order valence-electron chi connectivity index (χ0n) is 10.5. The Morgan fingerprint density at radius 1 is 1.16 bits per heavy atom. The molecule has 0 aromatic heterocycles. The highest BCUT2D eigenvalue weighted by Crippen LogP contribution is 2.21. The third-order valence-corrected chi connectivity index (χ3v) is 2.73. The van der Waals surface area contributed by atoms with Crippen LogP contribution in [0.1, 0.15) is 15.9 Å². The number of nitrogens with two attached hydrogens (primary N) is 1. The average molecular weight is 254 g/mol. The fourth-order valence-corrected chi connectivity index (χ4v) is 1.83. The maximum atomic E-state index is 11.5. The van der Waals surface area contributed by atoms with Crippen LogP contribution in [-0.4, -0.2) is 19.3 Å². The van der Waals surface area contributed by atoms with E-state index in [9.17, 15) is 4.79 Å². The second-order valence-electron chi connectivity index (χ2n) is 3.98. The number of rotatable bonds is 3. The smallest absolute Gasteiger partial charge is 0.337 e. The van der Waals surface area contributed by atoms with Gasteiger partial charge >= 0.3 is 5.97 Å². The average Bonchev–Trinajstić information content (AvgIpc) is 2.47. The van der Waals surface area contributed by atoms with E-state index < -0.39 is 0 Å². The molecular formula is C15H14N2O2. The highest BCUT2D eigenvalue weighted by Gasteiger charge is 2.06. The van der Waals surface area contributed by atoms with Gasteiger partial charge in [-0.2, -0.15) is 5.10 Å². The first kappa shape index (κ1) is 12.8. The van der Waals surface area contributed by atoms with E-state index in [0.29, 0.717) is 5.56 Å². The Hall–Kier alpha value is -2.62. The van der Waals surface area contributed by atoms with Crippen molar-refractivity contribution in [1.29, 1.82) is 0 Å². The van der Waals surface area contributed by atoms with E-state index >= 15 is 0 Å². The lowest BCUT2D eigenvalue weighted by Crippen LogP contribution is -2.00. The second kappa shape index (κ2) is 5.82. The molecule has 2 N–H and O–H groups in total. The third-order valence-electron chi connectivity index (χ3n) is 2.73. The molecule has 0 atom stereocenters. The molecule has 0 spiro atoms. The van der Waals surface area contributed by atoms with E-state index in [1.54, 1.807) is 18.3 Å². The summed E-state index contributed by atoms with van der Waals surface area (Å²) in [6.07, 6.45) is 1.58. The molecule has 0 heterocycles. The molecule has 0 saturated heterocycles.